The molecule has 7 nitrogen and oxygen atoms in total. The normalized spacial score (nSPS) is 10.4. The fourth-order valence-corrected chi connectivity index (χ4v) is 3.78. The summed E-state index contributed by atoms with van der Waals surface area (Å²) in [5.74, 6) is -2.08. The molecule has 140 valence electrons. The predicted octanol–water partition coefficient (Wildman–Crippen LogP) is 3.02. The van der Waals surface area contributed by atoms with E-state index in [4.69, 9.17) is 26.6 Å². The minimum Gasteiger partial charge on any atom is -0.481 e. The van der Waals surface area contributed by atoms with Crippen LogP contribution >= 0.6 is 11.6 Å². The number of halogens is 1. The minimum absolute atomic E-state index is 0.0752. The number of hydrogen-bond acceptors (Lipinski definition) is 4. The third kappa shape index (κ3) is 6.05. The van der Waals surface area contributed by atoms with Crippen molar-refractivity contribution in [3.63, 3.8) is 0 Å². The molecule has 0 aliphatic carbocycles. The predicted molar refractivity (Wildman–Crippen MR) is 98.1 cm³/mol. The van der Waals surface area contributed by atoms with Crippen molar-refractivity contribution in [2.75, 3.05) is 10.8 Å². The van der Waals surface area contributed by atoms with Gasteiger partial charge >= 0.3 is 5.97 Å². The molecule has 0 radical (unpaired) electrons. The van der Waals surface area contributed by atoms with Crippen LogP contribution in [0.3, 0.4) is 0 Å². The summed E-state index contributed by atoms with van der Waals surface area (Å²) in [6, 6.07) is 12.4. The lowest BCUT2D eigenvalue weighted by Crippen LogP contribution is -2.36. The number of anilines is 1. The Bertz CT molecular complexity index is 876. The molecule has 2 rings (SSSR count). The average molecular weight is 400 g/mol. The van der Waals surface area contributed by atoms with E-state index in [9.17, 15) is 13.2 Å². The van der Waals surface area contributed by atoms with Crippen molar-refractivity contribution in [2.45, 2.75) is 18.7 Å². The van der Waals surface area contributed by atoms with E-state index >= 15 is 0 Å². The Kier molecular flexibility index (Phi) is 7.60. The van der Waals surface area contributed by atoms with Gasteiger partial charge in [-0.15, -0.1) is 0 Å². The Morgan fingerprint density at radius 1 is 1.04 bits per heavy atom. The number of benzene rings is 2. The molecule has 0 amide bonds. The molecule has 0 heterocycles. The summed E-state index contributed by atoms with van der Waals surface area (Å²) in [7, 11) is -3.98. The van der Waals surface area contributed by atoms with E-state index in [1.807, 2.05) is 0 Å². The van der Waals surface area contributed by atoms with Crippen LogP contribution in [-0.4, -0.2) is 37.1 Å². The smallest absolute Gasteiger partial charge is 0.324 e. The quantitative estimate of drug-likeness (QED) is 0.799. The van der Waals surface area contributed by atoms with Gasteiger partial charge in [0.15, 0.2) is 0 Å². The molecule has 9 heteroatoms. The topological polar surface area (TPSA) is 112 Å². The molecule has 2 aromatic rings. The van der Waals surface area contributed by atoms with Gasteiger partial charge in [0.25, 0.3) is 16.0 Å². The van der Waals surface area contributed by atoms with Crippen LogP contribution in [0.2, 0.25) is 5.02 Å². The van der Waals surface area contributed by atoms with Crippen molar-refractivity contribution in [1.29, 1.82) is 0 Å². The Hall–Kier alpha value is -2.58. The maximum atomic E-state index is 12.8. The second kappa shape index (κ2) is 9.21. The molecular formula is C17H18ClNO6S. The van der Waals surface area contributed by atoms with Crippen LogP contribution in [0.15, 0.2) is 53.4 Å². The van der Waals surface area contributed by atoms with Crippen molar-refractivity contribution in [3.05, 3.63) is 59.1 Å². The van der Waals surface area contributed by atoms with E-state index in [2.05, 4.69) is 0 Å². The molecule has 2 N–H and O–H groups in total. The number of aliphatic carboxylic acids is 2. The zero-order valence-electron chi connectivity index (χ0n) is 14.1. The number of carbonyl (C=O) groups is 2. The molecule has 0 aliphatic heterocycles. The second-order valence-corrected chi connectivity index (χ2v) is 7.43. The van der Waals surface area contributed by atoms with Gasteiger partial charge in [0, 0.05) is 11.9 Å². The van der Waals surface area contributed by atoms with E-state index in [-0.39, 0.29) is 10.6 Å². The SMILES string of the molecule is CC(=O)O.Cc1ccccc1S(=O)(=O)N(CC(=O)O)c1ccc(Cl)cc1. The Balaban J connectivity index is 0.000000765. The summed E-state index contributed by atoms with van der Waals surface area (Å²) >= 11 is 5.79. The summed E-state index contributed by atoms with van der Waals surface area (Å²) in [4.78, 5) is 20.2. The number of hydrogen-bond donors (Lipinski definition) is 2. The van der Waals surface area contributed by atoms with Gasteiger partial charge < -0.3 is 10.2 Å². The number of aryl methyl sites for hydroxylation is 1. The first kappa shape index (κ1) is 21.5. The van der Waals surface area contributed by atoms with Gasteiger partial charge in [-0.3, -0.25) is 13.9 Å². The summed E-state index contributed by atoms with van der Waals surface area (Å²) in [6.07, 6.45) is 0. The molecule has 0 fully saturated rings. The molecule has 0 aromatic heterocycles. The average Bonchev–Trinajstić information content (AvgIpc) is 2.53. The number of rotatable bonds is 5. The minimum atomic E-state index is -3.98. The van der Waals surface area contributed by atoms with Crippen LogP contribution < -0.4 is 4.31 Å². The van der Waals surface area contributed by atoms with Crippen LogP contribution in [0.25, 0.3) is 0 Å². The maximum Gasteiger partial charge on any atom is 0.324 e. The molecule has 0 aliphatic rings. The lowest BCUT2D eigenvalue weighted by atomic mass is 10.2. The highest BCUT2D eigenvalue weighted by Gasteiger charge is 2.28. The van der Waals surface area contributed by atoms with Crippen LogP contribution in [0.5, 0.6) is 0 Å². The fraction of sp³-hybridized carbons (Fsp3) is 0.176. The molecule has 0 atom stereocenters. The number of carboxylic acid groups (broad SMARTS) is 2. The first-order valence-corrected chi connectivity index (χ1v) is 9.12. The molecule has 0 saturated heterocycles. The Morgan fingerprint density at radius 3 is 2.00 bits per heavy atom. The zero-order chi connectivity index (χ0) is 19.9. The third-order valence-corrected chi connectivity index (χ3v) is 5.24. The molecular weight excluding hydrogens is 382 g/mol. The number of carboxylic acids is 2. The number of nitrogens with zero attached hydrogens (tertiary/aromatic N) is 1. The molecule has 0 unspecified atom stereocenters. The van der Waals surface area contributed by atoms with Gasteiger partial charge in [0.1, 0.15) is 6.54 Å². The van der Waals surface area contributed by atoms with Crippen molar-refractivity contribution < 1.29 is 28.2 Å². The van der Waals surface area contributed by atoms with Crippen LogP contribution in [0.1, 0.15) is 12.5 Å². The lowest BCUT2D eigenvalue weighted by molar-refractivity contribution is -0.135. The largest absolute Gasteiger partial charge is 0.481 e. The van der Waals surface area contributed by atoms with Gasteiger partial charge in [-0.25, -0.2) is 8.42 Å². The first-order chi connectivity index (χ1) is 12.1. The van der Waals surface area contributed by atoms with Crippen LogP contribution in [0.4, 0.5) is 5.69 Å². The highest BCUT2D eigenvalue weighted by molar-refractivity contribution is 7.93. The summed E-state index contributed by atoms with van der Waals surface area (Å²) in [5.41, 5.74) is 0.793. The maximum absolute atomic E-state index is 12.8. The standard InChI is InChI=1S/C15H14ClNO4S.C2H4O2/c1-11-4-2-3-5-14(11)22(20,21)17(10-15(18)19)13-8-6-12(16)7-9-13;1-2(3)4/h2-9H,10H2,1H3,(H,18,19);1H3,(H,3,4). The van der Waals surface area contributed by atoms with Gasteiger partial charge in [0.2, 0.25) is 0 Å². The van der Waals surface area contributed by atoms with Gasteiger partial charge in [-0.1, -0.05) is 29.8 Å². The third-order valence-electron chi connectivity index (χ3n) is 3.06. The van der Waals surface area contributed by atoms with E-state index in [0.717, 1.165) is 11.2 Å². The van der Waals surface area contributed by atoms with Crippen molar-refractivity contribution in [3.8, 4) is 0 Å². The van der Waals surface area contributed by atoms with Gasteiger partial charge in [-0.05, 0) is 42.8 Å². The van der Waals surface area contributed by atoms with E-state index < -0.39 is 28.5 Å². The van der Waals surface area contributed by atoms with Crippen LogP contribution in [0, 0.1) is 6.92 Å². The second-order valence-electron chi connectivity index (χ2n) is 5.17. The first-order valence-electron chi connectivity index (χ1n) is 7.31. The molecule has 26 heavy (non-hydrogen) atoms. The van der Waals surface area contributed by atoms with E-state index in [1.54, 1.807) is 25.1 Å². The summed E-state index contributed by atoms with van der Waals surface area (Å²) in [6.45, 7) is 2.08. The van der Waals surface area contributed by atoms with Crippen molar-refractivity contribution in [1.82, 2.24) is 0 Å². The molecule has 2 aromatic carbocycles. The highest BCUT2D eigenvalue weighted by atomic mass is 35.5. The van der Waals surface area contributed by atoms with Crippen molar-refractivity contribution >= 4 is 39.3 Å². The summed E-state index contributed by atoms with van der Waals surface area (Å²) in [5, 5.41) is 16.9. The molecule has 0 bridgehead atoms. The summed E-state index contributed by atoms with van der Waals surface area (Å²) < 4.78 is 26.5. The van der Waals surface area contributed by atoms with Crippen molar-refractivity contribution in [2.24, 2.45) is 0 Å². The molecule has 0 saturated carbocycles. The number of sulfonamides is 1. The fourth-order valence-electron chi connectivity index (χ4n) is 2.01. The zero-order valence-corrected chi connectivity index (χ0v) is 15.7. The van der Waals surface area contributed by atoms with Gasteiger partial charge in [0.05, 0.1) is 10.6 Å². The van der Waals surface area contributed by atoms with E-state index in [1.165, 1.54) is 30.3 Å². The lowest BCUT2D eigenvalue weighted by Gasteiger charge is -2.23. The van der Waals surface area contributed by atoms with Crippen LogP contribution in [-0.2, 0) is 19.6 Å². The van der Waals surface area contributed by atoms with E-state index in [0.29, 0.717) is 10.6 Å². The Morgan fingerprint density at radius 2 is 1.54 bits per heavy atom. The Labute approximate surface area is 156 Å². The van der Waals surface area contributed by atoms with Gasteiger partial charge in [-0.2, -0.15) is 0 Å². The monoisotopic (exact) mass is 399 g/mol. The molecule has 0 spiro atoms. The highest BCUT2D eigenvalue weighted by Crippen LogP contribution is 2.26.